The van der Waals surface area contributed by atoms with Gasteiger partial charge in [0.05, 0.1) is 12.4 Å². The topological polar surface area (TPSA) is 64.6 Å². The van der Waals surface area contributed by atoms with Gasteiger partial charge in [0.25, 0.3) is 5.91 Å². The van der Waals surface area contributed by atoms with Crippen molar-refractivity contribution >= 4 is 11.7 Å². The summed E-state index contributed by atoms with van der Waals surface area (Å²) in [6.07, 6.45) is 7.09. The molecule has 136 valence electrons. The van der Waals surface area contributed by atoms with Crippen molar-refractivity contribution < 1.29 is 4.79 Å². The highest BCUT2D eigenvalue weighted by atomic mass is 16.2. The number of rotatable bonds is 2. The molecule has 0 radical (unpaired) electrons. The minimum atomic E-state index is 0.0108. The van der Waals surface area contributed by atoms with Gasteiger partial charge in [-0.15, -0.1) is 0 Å². The maximum Gasteiger partial charge on any atom is 0.274 e. The van der Waals surface area contributed by atoms with Crippen LogP contribution in [-0.4, -0.2) is 84.6 Å². The maximum atomic E-state index is 12.7. The van der Waals surface area contributed by atoms with Crippen molar-refractivity contribution in [2.45, 2.75) is 25.3 Å². The fraction of sp³-hybridized carbons (Fsp3) is 0.722. The van der Waals surface area contributed by atoms with Crippen LogP contribution in [0.2, 0.25) is 0 Å². The van der Waals surface area contributed by atoms with Crippen molar-refractivity contribution in [3.05, 3.63) is 18.1 Å². The van der Waals surface area contributed by atoms with E-state index in [1.54, 1.807) is 12.4 Å². The van der Waals surface area contributed by atoms with Crippen molar-refractivity contribution in [2.24, 2.45) is 5.92 Å². The zero-order valence-corrected chi connectivity index (χ0v) is 15.0. The second-order valence-electron chi connectivity index (χ2n) is 7.56. The number of anilines is 1. The molecule has 0 spiro atoms. The van der Waals surface area contributed by atoms with E-state index in [0.717, 1.165) is 58.1 Å². The molecule has 3 aliphatic heterocycles. The summed E-state index contributed by atoms with van der Waals surface area (Å²) < 4.78 is 0. The van der Waals surface area contributed by atoms with Gasteiger partial charge in [0.15, 0.2) is 0 Å². The Bertz CT molecular complexity index is 615. The summed E-state index contributed by atoms with van der Waals surface area (Å²) in [6.45, 7) is 6.51. The van der Waals surface area contributed by atoms with Gasteiger partial charge in [0, 0.05) is 45.3 Å². The monoisotopic (exact) mass is 344 g/mol. The highest BCUT2D eigenvalue weighted by Gasteiger charge is 2.32. The van der Waals surface area contributed by atoms with Crippen LogP contribution in [0.4, 0.5) is 5.82 Å². The first-order valence-corrected chi connectivity index (χ1v) is 9.49. The van der Waals surface area contributed by atoms with Gasteiger partial charge < -0.3 is 20.0 Å². The van der Waals surface area contributed by atoms with E-state index in [9.17, 15) is 4.79 Å². The van der Waals surface area contributed by atoms with E-state index in [-0.39, 0.29) is 5.91 Å². The number of nitrogens with zero attached hydrogens (tertiary/aromatic N) is 5. The zero-order chi connectivity index (χ0) is 17.2. The minimum absolute atomic E-state index is 0.0108. The van der Waals surface area contributed by atoms with Crippen molar-refractivity contribution in [1.29, 1.82) is 0 Å². The van der Waals surface area contributed by atoms with Crippen LogP contribution in [0, 0.1) is 5.92 Å². The number of aromatic nitrogens is 2. The van der Waals surface area contributed by atoms with E-state index in [1.807, 2.05) is 4.90 Å². The predicted octanol–water partition coefficient (Wildman–Crippen LogP) is 0.443. The molecule has 0 aromatic carbocycles. The molecule has 2 atom stereocenters. The maximum absolute atomic E-state index is 12.7. The number of piperazine rings is 1. The van der Waals surface area contributed by atoms with Crippen molar-refractivity contribution in [1.82, 2.24) is 25.1 Å². The third-order valence-electron chi connectivity index (χ3n) is 5.85. The summed E-state index contributed by atoms with van der Waals surface area (Å²) in [5, 5.41) is 3.64. The van der Waals surface area contributed by atoms with Crippen LogP contribution in [0.1, 0.15) is 29.8 Å². The van der Waals surface area contributed by atoms with Gasteiger partial charge in [0.2, 0.25) is 0 Å². The normalized spacial score (nSPS) is 27.9. The lowest BCUT2D eigenvalue weighted by atomic mass is 9.85. The molecule has 1 amide bonds. The number of amides is 1. The standard InChI is InChI=1S/C18H28N6O/c1-22-7-9-23(10-8-22)18(25)16-11-19-12-17(21-16)24-6-4-15-14(13-24)3-2-5-20-15/h11-12,14-15,20H,2-10,13H2,1H3/t14-,15+/m1/s1. The SMILES string of the molecule is CN1CCN(C(=O)c2cncc(N3CC[C@@H]4NCCC[C@@H]4C3)n2)CC1. The molecule has 25 heavy (non-hydrogen) atoms. The van der Waals surface area contributed by atoms with E-state index < -0.39 is 0 Å². The van der Waals surface area contributed by atoms with Gasteiger partial charge in [-0.05, 0) is 38.8 Å². The fourth-order valence-corrected chi connectivity index (χ4v) is 4.24. The van der Waals surface area contributed by atoms with E-state index >= 15 is 0 Å². The number of hydrogen-bond acceptors (Lipinski definition) is 6. The van der Waals surface area contributed by atoms with Crippen molar-refractivity contribution in [3.8, 4) is 0 Å². The highest BCUT2D eigenvalue weighted by molar-refractivity contribution is 5.92. The summed E-state index contributed by atoms with van der Waals surface area (Å²) >= 11 is 0. The molecule has 1 aromatic heterocycles. The molecule has 7 nitrogen and oxygen atoms in total. The summed E-state index contributed by atoms with van der Waals surface area (Å²) in [6, 6.07) is 0.646. The Morgan fingerprint density at radius 2 is 2.00 bits per heavy atom. The molecular weight excluding hydrogens is 316 g/mol. The average Bonchev–Trinajstić information content (AvgIpc) is 2.68. The van der Waals surface area contributed by atoms with Gasteiger partial charge >= 0.3 is 0 Å². The molecule has 4 rings (SSSR count). The van der Waals surface area contributed by atoms with E-state index in [0.29, 0.717) is 17.7 Å². The quantitative estimate of drug-likeness (QED) is 0.840. The predicted molar refractivity (Wildman–Crippen MR) is 96.8 cm³/mol. The Morgan fingerprint density at radius 1 is 1.16 bits per heavy atom. The first kappa shape index (κ1) is 16.7. The van der Waals surface area contributed by atoms with E-state index in [1.165, 1.54) is 12.8 Å². The number of nitrogens with one attached hydrogen (secondary N) is 1. The second-order valence-corrected chi connectivity index (χ2v) is 7.56. The van der Waals surface area contributed by atoms with Crippen LogP contribution in [-0.2, 0) is 0 Å². The van der Waals surface area contributed by atoms with Gasteiger partial charge in [-0.2, -0.15) is 0 Å². The number of fused-ring (bicyclic) bond motifs is 1. The molecule has 1 N–H and O–H groups in total. The van der Waals surface area contributed by atoms with Crippen molar-refractivity contribution in [3.63, 3.8) is 0 Å². The minimum Gasteiger partial charge on any atom is -0.355 e. The molecule has 4 heterocycles. The van der Waals surface area contributed by atoms with Gasteiger partial charge in [0.1, 0.15) is 11.5 Å². The number of piperidine rings is 2. The van der Waals surface area contributed by atoms with Crippen LogP contribution in [0.3, 0.4) is 0 Å². The van der Waals surface area contributed by atoms with Crippen molar-refractivity contribution in [2.75, 3.05) is 57.8 Å². The third kappa shape index (κ3) is 3.62. The Hall–Kier alpha value is -1.73. The Kier molecular flexibility index (Phi) is 4.85. The molecule has 0 unspecified atom stereocenters. The molecule has 3 fully saturated rings. The van der Waals surface area contributed by atoms with Gasteiger partial charge in [-0.1, -0.05) is 0 Å². The number of carbonyl (C=O) groups is 1. The number of likely N-dealkylation sites (N-methyl/N-ethyl adjacent to an activating group) is 1. The van der Waals surface area contributed by atoms with Crippen LogP contribution >= 0.6 is 0 Å². The number of hydrogen-bond donors (Lipinski definition) is 1. The van der Waals surface area contributed by atoms with Gasteiger partial charge in [-0.25, -0.2) is 4.98 Å². The molecule has 3 aliphatic rings. The molecule has 7 heteroatoms. The Balaban J connectivity index is 1.45. The molecule has 0 bridgehead atoms. The Labute approximate surface area is 149 Å². The molecule has 0 aliphatic carbocycles. The smallest absolute Gasteiger partial charge is 0.274 e. The van der Waals surface area contributed by atoms with E-state index in [2.05, 4.69) is 32.1 Å². The lowest BCUT2D eigenvalue weighted by molar-refractivity contribution is 0.0658. The lowest BCUT2D eigenvalue weighted by Crippen LogP contribution is -2.52. The fourth-order valence-electron chi connectivity index (χ4n) is 4.24. The molecule has 3 saturated heterocycles. The van der Waals surface area contributed by atoms with E-state index in [4.69, 9.17) is 0 Å². The van der Waals surface area contributed by atoms with Gasteiger partial charge in [-0.3, -0.25) is 9.78 Å². The lowest BCUT2D eigenvalue weighted by Gasteiger charge is -2.42. The number of carbonyl (C=O) groups excluding carboxylic acids is 1. The first-order chi connectivity index (χ1) is 12.2. The summed E-state index contributed by atoms with van der Waals surface area (Å²) in [5.41, 5.74) is 0.478. The summed E-state index contributed by atoms with van der Waals surface area (Å²) in [5.74, 6) is 1.54. The molecule has 0 saturated carbocycles. The molecular formula is C18H28N6O. The average molecular weight is 344 g/mol. The van der Waals surface area contributed by atoms with Crippen LogP contribution in [0.25, 0.3) is 0 Å². The van der Waals surface area contributed by atoms with Crippen LogP contribution in [0.5, 0.6) is 0 Å². The summed E-state index contributed by atoms with van der Waals surface area (Å²) in [4.78, 5) is 28.2. The largest absolute Gasteiger partial charge is 0.355 e. The highest BCUT2D eigenvalue weighted by Crippen LogP contribution is 2.27. The summed E-state index contributed by atoms with van der Waals surface area (Å²) in [7, 11) is 2.09. The third-order valence-corrected chi connectivity index (χ3v) is 5.85. The first-order valence-electron chi connectivity index (χ1n) is 9.49. The molecule has 1 aromatic rings. The zero-order valence-electron chi connectivity index (χ0n) is 15.0. The second kappa shape index (κ2) is 7.25. The Morgan fingerprint density at radius 3 is 2.84 bits per heavy atom. The van der Waals surface area contributed by atoms with Crippen LogP contribution in [0.15, 0.2) is 12.4 Å². The van der Waals surface area contributed by atoms with Crippen LogP contribution < -0.4 is 10.2 Å².